The number of carbonyl (C=O) groups is 1. The fraction of sp³-hybridized carbons (Fsp3) is 0.412. The van der Waals surface area contributed by atoms with Crippen molar-refractivity contribution in [3.05, 3.63) is 50.0 Å². The summed E-state index contributed by atoms with van der Waals surface area (Å²) in [6, 6.07) is 3.74. The number of halogens is 1. The Morgan fingerprint density at radius 1 is 1.44 bits per heavy atom. The number of non-ortho nitro benzene ring substituents is 1. The van der Waals surface area contributed by atoms with Crippen molar-refractivity contribution in [2.45, 2.75) is 32.6 Å². The number of aromatic nitrogens is 1. The van der Waals surface area contributed by atoms with Gasteiger partial charge in [0.1, 0.15) is 0 Å². The molecule has 0 aliphatic carbocycles. The number of nitrogens with zero attached hydrogens (tertiary/aromatic N) is 3. The standard InChI is InChI=1S/C17H19ClN4O4S/c1-10-6-21(7-11(2)26-10)8-12-9-27-17(19-12)20-16(23)14-4-3-13(22(24)25)5-15(14)18/h3-5,9-11H,6-8H2,1-2H3,(H,19,20,23)/t10-,11+. The molecular weight excluding hydrogens is 392 g/mol. The number of carbonyl (C=O) groups excluding carboxylic acids is 1. The topological polar surface area (TPSA) is 97.6 Å². The van der Waals surface area contributed by atoms with Crippen LogP contribution in [-0.4, -0.2) is 46.0 Å². The summed E-state index contributed by atoms with van der Waals surface area (Å²) in [4.78, 5) is 29.3. The lowest BCUT2D eigenvalue weighted by molar-refractivity contribution is -0.384. The van der Waals surface area contributed by atoms with E-state index in [2.05, 4.69) is 15.2 Å². The van der Waals surface area contributed by atoms with E-state index in [9.17, 15) is 14.9 Å². The Bertz CT molecular complexity index is 849. The van der Waals surface area contributed by atoms with Crippen molar-refractivity contribution in [3.8, 4) is 0 Å². The molecule has 8 nitrogen and oxygen atoms in total. The molecule has 3 rings (SSSR count). The highest BCUT2D eigenvalue weighted by molar-refractivity contribution is 7.14. The summed E-state index contributed by atoms with van der Waals surface area (Å²) in [5, 5.41) is 15.8. The van der Waals surface area contributed by atoms with Gasteiger partial charge in [-0.25, -0.2) is 4.98 Å². The van der Waals surface area contributed by atoms with Crippen LogP contribution in [0.5, 0.6) is 0 Å². The van der Waals surface area contributed by atoms with Crippen LogP contribution in [-0.2, 0) is 11.3 Å². The number of nitrogens with one attached hydrogen (secondary N) is 1. The summed E-state index contributed by atoms with van der Waals surface area (Å²) in [6.07, 6.45) is 0.353. The summed E-state index contributed by atoms with van der Waals surface area (Å²) in [6.45, 7) is 6.44. The lowest BCUT2D eigenvalue weighted by Crippen LogP contribution is -2.44. The zero-order valence-corrected chi connectivity index (χ0v) is 16.4. The van der Waals surface area contributed by atoms with Crippen LogP contribution in [0.4, 0.5) is 10.8 Å². The summed E-state index contributed by atoms with van der Waals surface area (Å²) in [7, 11) is 0. The van der Waals surface area contributed by atoms with Gasteiger partial charge in [-0.1, -0.05) is 11.6 Å². The number of nitro groups is 1. The molecule has 10 heteroatoms. The lowest BCUT2D eigenvalue weighted by atomic mass is 10.2. The van der Waals surface area contributed by atoms with E-state index < -0.39 is 10.8 Å². The van der Waals surface area contributed by atoms with Gasteiger partial charge in [0.2, 0.25) is 0 Å². The van der Waals surface area contributed by atoms with Gasteiger partial charge in [-0.05, 0) is 19.9 Å². The predicted molar refractivity (Wildman–Crippen MR) is 103 cm³/mol. The lowest BCUT2D eigenvalue weighted by Gasteiger charge is -2.34. The van der Waals surface area contributed by atoms with E-state index in [-0.39, 0.29) is 28.5 Å². The van der Waals surface area contributed by atoms with Crippen LogP contribution in [0.1, 0.15) is 29.9 Å². The molecule has 1 aromatic heterocycles. The number of anilines is 1. The average molecular weight is 411 g/mol. The first kappa shape index (κ1) is 19.7. The Hall–Kier alpha value is -2.07. The van der Waals surface area contributed by atoms with E-state index in [0.29, 0.717) is 11.7 Å². The minimum absolute atomic E-state index is 0.0229. The molecule has 0 radical (unpaired) electrons. The van der Waals surface area contributed by atoms with Crippen LogP contribution in [0, 0.1) is 10.1 Å². The Morgan fingerprint density at radius 2 is 2.15 bits per heavy atom. The fourth-order valence-corrected chi connectivity index (χ4v) is 4.00. The minimum Gasteiger partial charge on any atom is -0.373 e. The third kappa shape index (κ3) is 5.01. The van der Waals surface area contributed by atoms with Gasteiger partial charge in [-0.2, -0.15) is 0 Å². The molecule has 2 atom stereocenters. The summed E-state index contributed by atoms with van der Waals surface area (Å²) >= 11 is 7.32. The maximum Gasteiger partial charge on any atom is 0.270 e. The maximum atomic E-state index is 12.4. The van der Waals surface area contributed by atoms with Crippen molar-refractivity contribution < 1.29 is 14.5 Å². The molecule has 2 aromatic rings. The number of nitro benzene ring substituents is 1. The molecule has 0 saturated carbocycles. The van der Waals surface area contributed by atoms with E-state index in [1.54, 1.807) is 0 Å². The first-order valence-corrected chi connectivity index (χ1v) is 9.65. The van der Waals surface area contributed by atoms with Crippen LogP contribution < -0.4 is 5.32 Å². The van der Waals surface area contributed by atoms with Gasteiger partial charge >= 0.3 is 0 Å². The number of hydrogen-bond acceptors (Lipinski definition) is 7. The number of amides is 1. The molecule has 1 aliphatic heterocycles. The van der Waals surface area contributed by atoms with Gasteiger partial charge in [-0.15, -0.1) is 11.3 Å². The number of ether oxygens (including phenoxy) is 1. The second-order valence-corrected chi connectivity index (χ2v) is 7.74. The number of hydrogen-bond donors (Lipinski definition) is 1. The summed E-state index contributed by atoms with van der Waals surface area (Å²) < 4.78 is 5.72. The monoisotopic (exact) mass is 410 g/mol. The molecule has 1 aliphatic rings. The quantitative estimate of drug-likeness (QED) is 0.597. The Kier molecular flexibility index (Phi) is 6.05. The largest absolute Gasteiger partial charge is 0.373 e. The maximum absolute atomic E-state index is 12.4. The van der Waals surface area contributed by atoms with Gasteiger partial charge in [0.15, 0.2) is 5.13 Å². The van der Waals surface area contributed by atoms with Crippen molar-refractivity contribution in [2.24, 2.45) is 0 Å². The smallest absolute Gasteiger partial charge is 0.270 e. The average Bonchev–Trinajstić information content (AvgIpc) is 3.00. The molecular formula is C17H19ClN4O4S. The summed E-state index contributed by atoms with van der Waals surface area (Å²) in [5.41, 5.74) is 0.864. The van der Waals surface area contributed by atoms with Crippen molar-refractivity contribution >= 4 is 39.7 Å². The predicted octanol–water partition coefficient (Wildman–Crippen LogP) is 3.57. The second-order valence-electron chi connectivity index (χ2n) is 6.47. The van der Waals surface area contributed by atoms with Crippen molar-refractivity contribution in [3.63, 3.8) is 0 Å². The summed E-state index contributed by atoms with van der Waals surface area (Å²) in [5.74, 6) is -0.454. The molecule has 1 saturated heterocycles. The highest BCUT2D eigenvalue weighted by atomic mass is 35.5. The first-order chi connectivity index (χ1) is 12.8. The molecule has 0 spiro atoms. The number of morpholine rings is 1. The molecule has 0 bridgehead atoms. The molecule has 0 unspecified atom stereocenters. The van der Waals surface area contributed by atoms with Crippen LogP contribution in [0.15, 0.2) is 23.6 Å². The highest BCUT2D eigenvalue weighted by Gasteiger charge is 2.23. The molecule has 2 heterocycles. The molecule has 1 amide bonds. The fourth-order valence-electron chi connectivity index (χ4n) is 3.05. The Balaban J connectivity index is 1.63. The van der Waals surface area contributed by atoms with Crippen LogP contribution in [0.2, 0.25) is 5.02 Å². The van der Waals surface area contributed by atoms with Gasteiger partial charge in [0.25, 0.3) is 11.6 Å². The van der Waals surface area contributed by atoms with Gasteiger partial charge < -0.3 is 4.74 Å². The first-order valence-electron chi connectivity index (χ1n) is 8.39. The van der Waals surface area contributed by atoms with Gasteiger partial charge in [-0.3, -0.25) is 25.1 Å². The van der Waals surface area contributed by atoms with Crippen molar-refractivity contribution in [1.29, 1.82) is 0 Å². The molecule has 1 aromatic carbocycles. The molecule has 144 valence electrons. The van der Waals surface area contributed by atoms with Crippen molar-refractivity contribution in [1.82, 2.24) is 9.88 Å². The number of rotatable bonds is 5. The van der Waals surface area contributed by atoms with Crippen LogP contribution in [0.25, 0.3) is 0 Å². The van der Waals surface area contributed by atoms with E-state index in [4.69, 9.17) is 16.3 Å². The van der Waals surface area contributed by atoms with E-state index in [1.165, 1.54) is 23.5 Å². The normalized spacial score (nSPS) is 20.4. The van der Waals surface area contributed by atoms with Gasteiger partial charge in [0, 0.05) is 37.1 Å². The van der Waals surface area contributed by atoms with E-state index in [0.717, 1.165) is 24.8 Å². The second kappa shape index (κ2) is 8.30. The van der Waals surface area contributed by atoms with Gasteiger partial charge in [0.05, 0.1) is 33.4 Å². The SMILES string of the molecule is C[C@@H]1CN(Cc2csc(NC(=O)c3ccc([N+](=O)[O-])cc3Cl)n2)C[C@H](C)O1. The molecule has 1 N–H and O–H groups in total. The minimum atomic E-state index is -0.561. The number of benzene rings is 1. The zero-order chi connectivity index (χ0) is 19.6. The molecule has 27 heavy (non-hydrogen) atoms. The van der Waals surface area contributed by atoms with Crippen LogP contribution >= 0.6 is 22.9 Å². The van der Waals surface area contributed by atoms with E-state index >= 15 is 0 Å². The third-order valence-electron chi connectivity index (χ3n) is 4.06. The Labute approximate surface area is 165 Å². The van der Waals surface area contributed by atoms with Crippen LogP contribution in [0.3, 0.4) is 0 Å². The zero-order valence-electron chi connectivity index (χ0n) is 14.8. The highest BCUT2D eigenvalue weighted by Crippen LogP contribution is 2.25. The van der Waals surface area contributed by atoms with Crippen molar-refractivity contribution in [2.75, 3.05) is 18.4 Å². The van der Waals surface area contributed by atoms with E-state index in [1.807, 2.05) is 19.2 Å². The molecule has 1 fully saturated rings. The third-order valence-corrected chi connectivity index (χ3v) is 5.18. The number of thiazole rings is 1. The Morgan fingerprint density at radius 3 is 2.78 bits per heavy atom.